The van der Waals surface area contributed by atoms with E-state index in [0.29, 0.717) is 30.3 Å². The molecule has 0 aliphatic carbocycles. The number of nitrogens with zero attached hydrogens (tertiary/aromatic N) is 5. The zero-order chi connectivity index (χ0) is 22.7. The van der Waals surface area contributed by atoms with Gasteiger partial charge in [0.2, 0.25) is 5.91 Å². The molecule has 2 aromatic heterocycles. The predicted molar refractivity (Wildman–Crippen MR) is 113 cm³/mol. The molecular weight excluding hydrogens is 421 g/mol. The van der Waals surface area contributed by atoms with Crippen molar-refractivity contribution in [2.45, 2.75) is 51.4 Å². The minimum Gasteiger partial charge on any atom is -0.352 e. The maximum atomic E-state index is 12.9. The van der Waals surface area contributed by atoms with Crippen LogP contribution in [0.4, 0.5) is 13.2 Å². The smallest absolute Gasteiger partial charge is 0.352 e. The second-order valence-electron chi connectivity index (χ2n) is 8.08. The van der Waals surface area contributed by atoms with Crippen LogP contribution in [0.25, 0.3) is 17.0 Å². The number of benzene rings is 1. The Labute approximate surface area is 183 Å². The van der Waals surface area contributed by atoms with Crippen LogP contribution in [0.5, 0.6) is 0 Å². The highest BCUT2D eigenvalue weighted by molar-refractivity contribution is 5.76. The topological polar surface area (TPSA) is 75.4 Å². The molecule has 0 spiro atoms. The Morgan fingerprint density at radius 3 is 2.69 bits per heavy atom. The molecule has 0 bridgehead atoms. The Morgan fingerprint density at radius 1 is 1.19 bits per heavy atom. The molecular formula is C22H25F3N6O. The van der Waals surface area contributed by atoms with Crippen molar-refractivity contribution in [3.05, 3.63) is 47.9 Å². The predicted octanol–water partition coefficient (Wildman–Crippen LogP) is 3.69. The summed E-state index contributed by atoms with van der Waals surface area (Å²) in [7, 11) is 0. The van der Waals surface area contributed by atoms with Gasteiger partial charge in [0.05, 0.1) is 5.69 Å². The highest BCUT2D eigenvalue weighted by atomic mass is 19.4. The number of hydrogen-bond acceptors (Lipinski definition) is 5. The van der Waals surface area contributed by atoms with E-state index in [-0.39, 0.29) is 11.7 Å². The van der Waals surface area contributed by atoms with Crippen LogP contribution >= 0.6 is 0 Å². The Morgan fingerprint density at radius 2 is 1.97 bits per heavy atom. The van der Waals surface area contributed by atoms with Crippen molar-refractivity contribution < 1.29 is 18.0 Å². The quantitative estimate of drug-likeness (QED) is 0.625. The fraction of sp³-hybridized carbons (Fsp3) is 0.455. The summed E-state index contributed by atoms with van der Waals surface area (Å²) in [5.74, 6) is -1.34. The number of halogens is 3. The lowest BCUT2D eigenvalue weighted by molar-refractivity contribution is -0.144. The summed E-state index contributed by atoms with van der Waals surface area (Å²) < 4.78 is 39.9. The summed E-state index contributed by atoms with van der Waals surface area (Å²) in [6, 6.07) is 9.33. The number of nitrogens with one attached hydrogen (secondary N) is 1. The molecule has 1 fully saturated rings. The molecule has 1 aromatic carbocycles. The standard InChI is InChI=1S/C22H25F3N6O/c1-15-4-2-3-12-30(15)13-10-19(32)27-14-16-5-7-17(8-6-16)18-9-11-26-21-28-20(22(23,24)25)29-31(18)21/h5-9,11,15H,2-4,10,12-14H2,1H3,(H,27,32)/t15-/m1/s1. The van der Waals surface area contributed by atoms with Gasteiger partial charge in [-0.1, -0.05) is 30.7 Å². The summed E-state index contributed by atoms with van der Waals surface area (Å²) >= 11 is 0. The minimum absolute atomic E-state index is 0.00462. The molecule has 1 N–H and O–H groups in total. The Hall–Kier alpha value is -3.01. The zero-order valence-electron chi connectivity index (χ0n) is 17.8. The fourth-order valence-corrected chi connectivity index (χ4v) is 3.95. The van der Waals surface area contributed by atoms with E-state index in [9.17, 15) is 18.0 Å². The molecule has 7 nitrogen and oxygen atoms in total. The average Bonchev–Trinajstić information content (AvgIpc) is 3.23. The van der Waals surface area contributed by atoms with Gasteiger partial charge in [-0.2, -0.15) is 22.7 Å². The molecule has 1 aliphatic heterocycles. The first-order chi connectivity index (χ1) is 15.3. The third kappa shape index (κ3) is 5.07. The second kappa shape index (κ2) is 9.23. The van der Waals surface area contributed by atoms with Crippen LogP contribution in [0.3, 0.4) is 0 Å². The summed E-state index contributed by atoms with van der Waals surface area (Å²) in [5.41, 5.74) is 2.02. The van der Waals surface area contributed by atoms with Gasteiger partial charge >= 0.3 is 6.18 Å². The van der Waals surface area contributed by atoms with Gasteiger partial charge in [-0.05, 0) is 37.9 Å². The molecule has 3 heterocycles. The van der Waals surface area contributed by atoms with Crippen molar-refractivity contribution in [1.82, 2.24) is 29.8 Å². The summed E-state index contributed by atoms with van der Waals surface area (Å²) in [6.45, 7) is 4.41. The molecule has 3 aromatic rings. The molecule has 1 saturated heterocycles. The number of hydrogen-bond donors (Lipinski definition) is 1. The van der Waals surface area contributed by atoms with Crippen LogP contribution in [-0.4, -0.2) is 49.5 Å². The number of likely N-dealkylation sites (tertiary alicyclic amines) is 1. The van der Waals surface area contributed by atoms with Gasteiger partial charge in [-0.25, -0.2) is 4.98 Å². The first-order valence-corrected chi connectivity index (χ1v) is 10.7. The van der Waals surface area contributed by atoms with E-state index in [1.54, 1.807) is 18.2 Å². The molecule has 0 unspecified atom stereocenters. The number of piperidine rings is 1. The van der Waals surface area contributed by atoms with Crippen LogP contribution in [0, 0.1) is 0 Å². The van der Waals surface area contributed by atoms with E-state index in [1.165, 1.54) is 25.5 Å². The van der Waals surface area contributed by atoms with Gasteiger partial charge < -0.3 is 10.2 Å². The van der Waals surface area contributed by atoms with E-state index in [1.807, 2.05) is 12.1 Å². The van der Waals surface area contributed by atoms with E-state index in [2.05, 4.69) is 32.2 Å². The minimum atomic E-state index is -4.64. The molecule has 170 valence electrons. The Bertz CT molecular complexity index is 1080. The van der Waals surface area contributed by atoms with Gasteiger partial charge in [0.1, 0.15) is 0 Å². The molecule has 1 amide bonds. The average molecular weight is 446 g/mol. The van der Waals surface area contributed by atoms with Crippen LogP contribution in [0.2, 0.25) is 0 Å². The maximum absolute atomic E-state index is 12.9. The monoisotopic (exact) mass is 446 g/mol. The number of alkyl halides is 3. The first kappa shape index (κ1) is 22.2. The van der Waals surface area contributed by atoms with Crippen LogP contribution in [0.15, 0.2) is 36.5 Å². The van der Waals surface area contributed by atoms with Crippen molar-refractivity contribution in [2.24, 2.45) is 0 Å². The molecule has 0 radical (unpaired) electrons. The van der Waals surface area contributed by atoms with Crippen LogP contribution in [-0.2, 0) is 17.5 Å². The summed E-state index contributed by atoms with van der Waals surface area (Å²) in [6.07, 6.45) is 0.852. The number of amides is 1. The van der Waals surface area contributed by atoms with E-state index >= 15 is 0 Å². The number of rotatable bonds is 6. The third-order valence-electron chi connectivity index (χ3n) is 5.80. The summed E-state index contributed by atoms with van der Waals surface area (Å²) in [5, 5.41) is 6.50. The molecule has 1 atom stereocenters. The van der Waals surface area contributed by atoms with Gasteiger partial charge in [0.25, 0.3) is 11.6 Å². The molecule has 1 aliphatic rings. The zero-order valence-corrected chi connectivity index (χ0v) is 17.8. The highest BCUT2D eigenvalue weighted by Crippen LogP contribution is 2.28. The van der Waals surface area contributed by atoms with Crippen molar-refractivity contribution in [3.63, 3.8) is 0 Å². The lowest BCUT2D eigenvalue weighted by Crippen LogP contribution is -2.39. The number of carbonyl (C=O) groups excluding carboxylic acids is 1. The van der Waals surface area contributed by atoms with Crippen LogP contribution in [0.1, 0.15) is 44.0 Å². The number of fused-ring (bicyclic) bond motifs is 1. The summed E-state index contributed by atoms with van der Waals surface area (Å²) in [4.78, 5) is 21.9. The van der Waals surface area contributed by atoms with Crippen molar-refractivity contribution in [2.75, 3.05) is 13.1 Å². The van der Waals surface area contributed by atoms with Gasteiger partial charge in [-0.15, -0.1) is 5.10 Å². The van der Waals surface area contributed by atoms with E-state index in [4.69, 9.17) is 0 Å². The fourth-order valence-electron chi connectivity index (χ4n) is 3.95. The van der Waals surface area contributed by atoms with Gasteiger partial charge in [0.15, 0.2) is 0 Å². The lowest BCUT2D eigenvalue weighted by atomic mass is 10.0. The molecule has 10 heteroatoms. The van der Waals surface area contributed by atoms with E-state index < -0.39 is 12.0 Å². The van der Waals surface area contributed by atoms with Crippen molar-refractivity contribution in [3.8, 4) is 11.3 Å². The first-order valence-electron chi connectivity index (χ1n) is 10.7. The SMILES string of the molecule is C[C@@H]1CCCCN1CCC(=O)NCc1ccc(-c2ccnc3nc(C(F)(F)F)nn23)cc1. The Kier molecular flexibility index (Phi) is 6.40. The van der Waals surface area contributed by atoms with Crippen LogP contribution < -0.4 is 5.32 Å². The van der Waals surface area contributed by atoms with Crippen molar-refractivity contribution in [1.29, 1.82) is 0 Å². The maximum Gasteiger partial charge on any atom is 0.453 e. The molecule has 0 saturated carbocycles. The number of carbonyl (C=O) groups is 1. The molecule has 4 rings (SSSR count). The largest absolute Gasteiger partial charge is 0.453 e. The molecule has 32 heavy (non-hydrogen) atoms. The Balaban J connectivity index is 1.37. The van der Waals surface area contributed by atoms with E-state index in [0.717, 1.165) is 23.2 Å². The van der Waals surface area contributed by atoms with Gasteiger partial charge in [0, 0.05) is 37.3 Å². The normalized spacial score (nSPS) is 17.6. The third-order valence-corrected chi connectivity index (χ3v) is 5.80. The van der Waals surface area contributed by atoms with Crippen molar-refractivity contribution >= 4 is 11.7 Å². The highest BCUT2D eigenvalue weighted by Gasteiger charge is 2.36. The lowest BCUT2D eigenvalue weighted by Gasteiger charge is -2.33. The van der Waals surface area contributed by atoms with Gasteiger partial charge in [-0.3, -0.25) is 4.79 Å². The second-order valence-corrected chi connectivity index (χ2v) is 8.08. The number of aromatic nitrogens is 4.